The lowest BCUT2D eigenvalue weighted by molar-refractivity contribution is 0.700. The molecule has 4 heteroatoms. The van der Waals surface area contributed by atoms with Gasteiger partial charge in [0.2, 0.25) is 0 Å². The molecule has 0 unspecified atom stereocenters. The first-order valence-electron chi connectivity index (χ1n) is 6.19. The Morgan fingerprint density at radius 2 is 2.18 bits per heavy atom. The summed E-state index contributed by atoms with van der Waals surface area (Å²) in [6.07, 6.45) is 5.45. The Bertz CT molecular complexity index is 341. The number of nitrogens with one attached hydrogen (secondary N) is 1. The topological polar surface area (TPSA) is 28.2 Å². The average Bonchev–Trinajstić information content (AvgIpc) is 2.32. The Hall–Kier alpha value is -0.800. The van der Waals surface area contributed by atoms with Crippen LogP contribution in [0.3, 0.4) is 0 Å². The van der Waals surface area contributed by atoms with E-state index in [1.807, 2.05) is 7.05 Å². The van der Waals surface area contributed by atoms with Crippen LogP contribution in [0.4, 0.5) is 5.82 Å². The van der Waals surface area contributed by atoms with Gasteiger partial charge in [0.15, 0.2) is 0 Å². The normalized spacial score (nSPS) is 10.6. The summed E-state index contributed by atoms with van der Waals surface area (Å²) in [5.74, 6) is 0.996. The smallest absolute Gasteiger partial charge is 0.128 e. The van der Waals surface area contributed by atoms with Crippen LogP contribution in [-0.4, -0.2) is 25.6 Å². The highest BCUT2D eigenvalue weighted by Crippen LogP contribution is 2.20. The van der Waals surface area contributed by atoms with Crippen LogP contribution in [0.15, 0.2) is 12.3 Å². The third-order valence-electron chi connectivity index (χ3n) is 2.78. The summed E-state index contributed by atoms with van der Waals surface area (Å²) >= 11 is 6.09. The number of rotatable bonds is 7. The van der Waals surface area contributed by atoms with Gasteiger partial charge in [-0.05, 0) is 25.1 Å². The number of halogens is 1. The first-order chi connectivity index (χ1) is 8.19. The van der Waals surface area contributed by atoms with E-state index in [4.69, 9.17) is 11.6 Å². The van der Waals surface area contributed by atoms with E-state index in [0.29, 0.717) is 0 Å². The lowest BCUT2D eigenvalue weighted by Crippen LogP contribution is -2.20. The Morgan fingerprint density at radius 3 is 2.82 bits per heavy atom. The zero-order valence-corrected chi connectivity index (χ0v) is 11.7. The molecule has 17 heavy (non-hydrogen) atoms. The average molecular weight is 256 g/mol. The van der Waals surface area contributed by atoms with Crippen molar-refractivity contribution in [2.75, 3.05) is 25.5 Å². The van der Waals surface area contributed by atoms with E-state index < -0.39 is 0 Å². The van der Waals surface area contributed by atoms with E-state index in [2.05, 4.69) is 35.2 Å². The quantitative estimate of drug-likeness (QED) is 0.759. The van der Waals surface area contributed by atoms with Crippen LogP contribution < -0.4 is 10.2 Å². The number of pyridine rings is 1. The van der Waals surface area contributed by atoms with E-state index >= 15 is 0 Å². The minimum atomic E-state index is 0.727. The number of hydrogen-bond acceptors (Lipinski definition) is 3. The van der Waals surface area contributed by atoms with Crippen LogP contribution in [-0.2, 0) is 6.54 Å². The molecule has 0 aliphatic carbocycles. The predicted molar refractivity (Wildman–Crippen MR) is 74.8 cm³/mol. The van der Waals surface area contributed by atoms with Gasteiger partial charge in [0.05, 0.1) is 5.02 Å². The summed E-state index contributed by atoms with van der Waals surface area (Å²) in [7, 11) is 4.00. The molecule has 0 bridgehead atoms. The fraction of sp³-hybridized carbons (Fsp3) is 0.615. The van der Waals surface area contributed by atoms with Gasteiger partial charge in [0.25, 0.3) is 0 Å². The van der Waals surface area contributed by atoms with Crippen LogP contribution in [0.5, 0.6) is 0 Å². The zero-order valence-electron chi connectivity index (χ0n) is 11.0. The molecule has 0 radical (unpaired) electrons. The maximum atomic E-state index is 6.09. The zero-order chi connectivity index (χ0) is 12.7. The molecule has 0 aromatic carbocycles. The number of nitrogens with zero attached hydrogens (tertiary/aromatic N) is 2. The molecule has 0 saturated heterocycles. The fourth-order valence-electron chi connectivity index (χ4n) is 1.72. The van der Waals surface area contributed by atoms with Crippen molar-refractivity contribution >= 4 is 17.4 Å². The number of aromatic nitrogens is 1. The van der Waals surface area contributed by atoms with Crippen LogP contribution >= 0.6 is 11.6 Å². The summed E-state index contributed by atoms with van der Waals surface area (Å²) in [6, 6.07) is 2.06. The Balaban J connectivity index is 2.66. The first kappa shape index (κ1) is 14.3. The van der Waals surface area contributed by atoms with E-state index in [1.165, 1.54) is 19.3 Å². The first-order valence-corrected chi connectivity index (χ1v) is 6.57. The predicted octanol–water partition coefficient (Wildman–Crippen LogP) is 3.08. The largest absolute Gasteiger partial charge is 0.360 e. The van der Waals surface area contributed by atoms with Gasteiger partial charge in [0, 0.05) is 26.3 Å². The van der Waals surface area contributed by atoms with Crippen LogP contribution in [0.25, 0.3) is 0 Å². The van der Waals surface area contributed by atoms with Gasteiger partial charge in [-0.2, -0.15) is 0 Å². The van der Waals surface area contributed by atoms with E-state index in [0.717, 1.165) is 29.5 Å². The third kappa shape index (κ3) is 4.52. The maximum Gasteiger partial charge on any atom is 0.128 e. The molecule has 0 aliphatic rings. The second-order valence-corrected chi connectivity index (χ2v) is 4.70. The molecular formula is C13H22ClN3. The molecule has 0 atom stereocenters. The molecule has 1 N–H and O–H groups in total. The summed E-state index contributed by atoms with van der Waals surface area (Å²) < 4.78 is 0. The van der Waals surface area contributed by atoms with Crippen molar-refractivity contribution in [3.8, 4) is 0 Å². The lowest BCUT2D eigenvalue weighted by atomic mass is 10.2. The van der Waals surface area contributed by atoms with Crippen LogP contribution in [0.1, 0.15) is 31.7 Å². The van der Waals surface area contributed by atoms with Crippen LogP contribution in [0, 0.1) is 0 Å². The molecule has 0 saturated carbocycles. The summed E-state index contributed by atoms with van der Waals surface area (Å²) in [5.41, 5.74) is 1.10. The molecule has 1 heterocycles. The van der Waals surface area contributed by atoms with Crippen molar-refractivity contribution in [2.45, 2.75) is 32.7 Å². The SMILES string of the molecule is CCCCCN(C)c1cc(CNC)c(Cl)cn1. The van der Waals surface area contributed by atoms with Gasteiger partial charge in [0.1, 0.15) is 5.82 Å². The Labute approximate surface area is 109 Å². The maximum absolute atomic E-state index is 6.09. The molecule has 1 rings (SSSR count). The molecule has 0 aliphatic heterocycles. The van der Waals surface area contributed by atoms with Gasteiger partial charge >= 0.3 is 0 Å². The minimum Gasteiger partial charge on any atom is -0.360 e. The molecule has 96 valence electrons. The molecule has 1 aromatic heterocycles. The Morgan fingerprint density at radius 1 is 1.41 bits per heavy atom. The van der Waals surface area contributed by atoms with Crippen molar-refractivity contribution < 1.29 is 0 Å². The monoisotopic (exact) mass is 255 g/mol. The third-order valence-corrected chi connectivity index (χ3v) is 3.12. The highest BCUT2D eigenvalue weighted by atomic mass is 35.5. The van der Waals surface area contributed by atoms with Crippen molar-refractivity contribution in [1.29, 1.82) is 0 Å². The molecule has 1 aromatic rings. The number of anilines is 1. The lowest BCUT2D eigenvalue weighted by Gasteiger charge is -2.19. The van der Waals surface area contributed by atoms with Crippen LogP contribution in [0.2, 0.25) is 5.02 Å². The molecule has 0 amide bonds. The summed E-state index contributed by atoms with van der Waals surface area (Å²) in [6.45, 7) is 4.03. The van der Waals surface area contributed by atoms with Crippen molar-refractivity contribution in [2.24, 2.45) is 0 Å². The molecular weight excluding hydrogens is 234 g/mol. The minimum absolute atomic E-state index is 0.727. The second-order valence-electron chi connectivity index (χ2n) is 4.29. The van der Waals surface area contributed by atoms with Gasteiger partial charge in [-0.3, -0.25) is 0 Å². The second kappa shape index (κ2) is 7.51. The van der Waals surface area contributed by atoms with Gasteiger partial charge in [-0.15, -0.1) is 0 Å². The van der Waals surface area contributed by atoms with Crippen molar-refractivity contribution in [3.05, 3.63) is 22.8 Å². The molecule has 0 fully saturated rings. The van der Waals surface area contributed by atoms with E-state index in [9.17, 15) is 0 Å². The van der Waals surface area contributed by atoms with Gasteiger partial charge in [-0.1, -0.05) is 31.4 Å². The van der Waals surface area contributed by atoms with E-state index in [1.54, 1.807) is 6.20 Å². The molecule has 3 nitrogen and oxygen atoms in total. The van der Waals surface area contributed by atoms with E-state index in [-0.39, 0.29) is 0 Å². The molecule has 0 spiro atoms. The Kier molecular flexibility index (Phi) is 6.30. The van der Waals surface area contributed by atoms with Gasteiger partial charge < -0.3 is 10.2 Å². The number of unbranched alkanes of at least 4 members (excludes halogenated alkanes) is 2. The van der Waals surface area contributed by atoms with Crippen molar-refractivity contribution in [3.63, 3.8) is 0 Å². The van der Waals surface area contributed by atoms with Gasteiger partial charge in [-0.25, -0.2) is 4.98 Å². The fourth-order valence-corrected chi connectivity index (χ4v) is 1.89. The van der Waals surface area contributed by atoms with Crippen molar-refractivity contribution in [1.82, 2.24) is 10.3 Å². The highest BCUT2D eigenvalue weighted by molar-refractivity contribution is 6.31. The highest BCUT2D eigenvalue weighted by Gasteiger charge is 2.06. The summed E-state index contributed by atoms with van der Waals surface area (Å²) in [5, 5.41) is 3.84. The number of hydrogen-bond donors (Lipinski definition) is 1. The standard InChI is InChI=1S/C13H22ClN3/c1-4-5-6-7-17(3)13-8-11(9-15-2)12(14)10-16-13/h8,10,15H,4-7,9H2,1-3H3. The summed E-state index contributed by atoms with van der Waals surface area (Å²) in [4.78, 5) is 6.55.